The number of benzene rings is 2. The first-order valence-corrected chi connectivity index (χ1v) is 11.1. The number of anilines is 1. The number of carbonyl (C=O) groups is 2. The highest BCUT2D eigenvalue weighted by Gasteiger charge is 2.26. The first kappa shape index (κ1) is 22.5. The largest absolute Gasteiger partial charge is 0.379 e. The molecule has 1 aliphatic heterocycles. The van der Waals surface area contributed by atoms with Crippen LogP contribution in [0.25, 0.3) is 0 Å². The van der Waals surface area contributed by atoms with E-state index in [2.05, 4.69) is 22.5 Å². The zero-order valence-electron chi connectivity index (χ0n) is 17.1. The van der Waals surface area contributed by atoms with E-state index in [-0.39, 0.29) is 23.3 Å². The van der Waals surface area contributed by atoms with Gasteiger partial charge in [0.05, 0.1) is 24.7 Å². The summed E-state index contributed by atoms with van der Waals surface area (Å²) in [4.78, 5) is 23.4. The maximum atomic E-state index is 12.6. The van der Waals surface area contributed by atoms with Crippen molar-refractivity contribution in [2.45, 2.75) is 11.8 Å². The molecular formula is C22H23N3O5S. The molecule has 9 heteroatoms. The molecule has 0 aromatic heterocycles. The summed E-state index contributed by atoms with van der Waals surface area (Å²) in [6.45, 7) is 2.96. The number of hydrogen-bond acceptors (Lipinski definition) is 5. The molecule has 0 aliphatic carbocycles. The molecule has 0 atom stereocenters. The molecule has 162 valence electrons. The lowest BCUT2D eigenvalue weighted by Gasteiger charge is -2.26. The van der Waals surface area contributed by atoms with Crippen molar-refractivity contribution in [2.24, 2.45) is 0 Å². The molecule has 2 N–H and O–H groups in total. The number of sulfonamides is 1. The van der Waals surface area contributed by atoms with Gasteiger partial charge >= 0.3 is 0 Å². The molecule has 0 bridgehead atoms. The Labute approximate surface area is 181 Å². The van der Waals surface area contributed by atoms with E-state index in [4.69, 9.17) is 4.74 Å². The van der Waals surface area contributed by atoms with Crippen molar-refractivity contribution in [1.29, 1.82) is 0 Å². The van der Waals surface area contributed by atoms with Crippen LogP contribution >= 0.6 is 0 Å². The van der Waals surface area contributed by atoms with Crippen molar-refractivity contribution in [1.82, 2.24) is 9.62 Å². The van der Waals surface area contributed by atoms with E-state index in [0.29, 0.717) is 37.6 Å². The van der Waals surface area contributed by atoms with Gasteiger partial charge in [-0.25, -0.2) is 8.42 Å². The highest BCUT2D eigenvalue weighted by atomic mass is 32.2. The molecule has 3 rings (SSSR count). The Hall–Kier alpha value is -3.19. The molecule has 1 heterocycles. The van der Waals surface area contributed by atoms with E-state index >= 15 is 0 Å². The topological polar surface area (TPSA) is 105 Å². The summed E-state index contributed by atoms with van der Waals surface area (Å²) >= 11 is 0. The number of carbonyl (C=O) groups excluding carboxylic acids is 2. The van der Waals surface area contributed by atoms with Crippen molar-refractivity contribution >= 4 is 27.5 Å². The van der Waals surface area contributed by atoms with Gasteiger partial charge in [0.25, 0.3) is 5.91 Å². The molecule has 0 unspecified atom stereocenters. The molecule has 0 radical (unpaired) electrons. The fourth-order valence-corrected chi connectivity index (χ4v) is 4.34. The Morgan fingerprint density at radius 1 is 1.03 bits per heavy atom. The smallest absolute Gasteiger partial charge is 0.252 e. The normalized spacial score (nSPS) is 14.2. The molecular weight excluding hydrogens is 418 g/mol. The number of amides is 2. The first-order valence-electron chi connectivity index (χ1n) is 9.69. The van der Waals surface area contributed by atoms with Gasteiger partial charge in [0.1, 0.15) is 0 Å². The maximum Gasteiger partial charge on any atom is 0.252 e. The molecule has 0 spiro atoms. The Balaban J connectivity index is 1.54. The number of nitrogens with one attached hydrogen (secondary N) is 2. The van der Waals surface area contributed by atoms with Crippen molar-refractivity contribution in [3.63, 3.8) is 0 Å². The third kappa shape index (κ3) is 6.15. The lowest BCUT2D eigenvalue weighted by molar-refractivity contribution is -0.114. The predicted octanol–water partition coefficient (Wildman–Crippen LogP) is 1.45. The average molecular weight is 442 g/mol. The first-order chi connectivity index (χ1) is 14.9. The van der Waals surface area contributed by atoms with Crippen LogP contribution in [0.2, 0.25) is 0 Å². The summed E-state index contributed by atoms with van der Waals surface area (Å²) in [5.41, 5.74) is 1.79. The minimum Gasteiger partial charge on any atom is -0.379 e. The van der Waals surface area contributed by atoms with Gasteiger partial charge in [-0.15, -0.1) is 0 Å². The minimum absolute atomic E-state index is 0.139. The summed E-state index contributed by atoms with van der Waals surface area (Å²) in [6, 6.07) is 12.9. The van der Waals surface area contributed by atoms with Crippen LogP contribution in [-0.2, 0) is 19.6 Å². The van der Waals surface area contributed by atoms with E-state index in [1.54, 1.807) is 24.3 Å². The lowest BCUT2D eigenvalue weighted by Crippen LogP contribution is -2.40. The molecule has 1 aliphatic rings. The van der Waals surface area contributed by atoms with E-state index in [1.807, 2.05) is 0 Å². The van der Waals surface area contributed by atoms with Crippen LogP contribution in [0.3, 0.4) is 0 Å². The second-order valence-corrected chi connectivity index (χ2v) is 8.72. The fourth-order valence-electron chi connectivity index (χ4n) is 2.93. The molecule has 2 amide bonds. The van der Waals surface area contributed by atoms with Crippen LogP contribution in [0.5, 0.6) is 0 Å². The quantitative estimate of drug-likeness (QED) is 0.684. The molecule has 2 aromatic carbocycles. The van der Waals surface area contributed by atoms with Gasteiger partial charge in [-0.05, 0) is 48.5 Å². The number of nitrogens with zero attached hydrogens (tertiary/aromatic N) is 1. The van der Waals surface area contributed by atoms with Gasteiger partial charge in [0, 0.05) is 36.8 Å². The second kappa shape index (κ2) is 10.2. The van der Waals surface area contributed by atoms with Crippen LogP contribution < -0.4 is 10.6 Å². The zero-order valence-corrected chi connectivity index (χ0v) is 17.9. The Morgan fingerprint density at radius 2 is 1.68 bits per heavy atom. The van der Waals surface area contributed by atoms with Crippen molar-refractivity contribution < 1.29 is 22.7 Å². The van der Waals surface area contributed by atoms with E-state index in [0.717, 1.165) is 5.56 Å². The predicted molar refractivity (Wildman–Crippen MR) is 116 cm³/mol. The number of morpholine rings is 1. The molecule has 0 saturated carbocycles. The SMILES string of the molecule is CC(=O)Nc1ccc(C#CCNC(=O)c2ccc(S(=O)(=O)N3CCOCC3)cc2)cc1. The van der Waals surface area contributed by atoms with Crippen LogP contribution in [0.15, 0.2) is 53.4 Å². The van der Waals surface area contributed by atoms with E-state index < -0.39 is 10.0 Å². The number of hydrogen-bond donors (Lipinski definition) is 2. The van der Waals surface area contributed by atoms with Crippen LogP contribution in [-0.4, -0.2) is 57.4 Å². The summed E-state index contributed by atoms with van der Waals surface area (Å²) in [5.74, 6) is 5.30. The summed E-state index contributed by atoms with van der Waals surface area (Å²) in [7, 11) is -3.59. The van der Waals surface area contributed by atoms with Crippen molar-refractivity contribution in [3.8, 4) is 11.8 Å². The third-order valence-corrected chi connectivity index (χ3v) is 6.41. The molecule has 1 saturated heterocycles. The van der Waals surface area contributed by atoms with Gasteiger partial charge in [-0.1, -0.05) is 11.8 Å². The molecule has 31 heavy (non-hydrogen) atoms. The highest BCUT2D eigenvalue weighted by Crippen LogP contribution is 2.17. The summed E-state index contributed by atoms with van der Waals surface area (Å²) in [5, 5.41) is 5.36. The van der Waals surface area contributed by atoms with Gasteiger partial charge in [0.15, 0.2) is 0 Å². The van der Waals surface area contributed by atoms with Crippen LogP contribution in [0.1, 0.15) is 22.8 Å². The summed E-state index contributed by atoms with van der Waals surface area (Å²) in [6.07, 6.45) is 0. The Kier molecular flexibility index (Phi) is 7.41. The average Bonchev–Trinajstić information content (AvgIpc) is 2.78. The van der Waals surface area contributed by atoms with Gasteiger partial charge < -0.3 is 15.4 Å². The van der Waals surface area contributed by atoms with Crippen molar-refractivity contribution in [2.75, 3.05) is 38.2 Å². The highest BCUT2D eigenvalue weighted by molar-refractivity contribution is 7.89. The fraction of sp³-hybridized carbons (Fsp3) is 0.273. The molecule has 2 aromatic rings. The van der Waals surface area contributed by atoms with Gasteiger partial charge in [-0.2, -0.15) is 4.31 Å². The number of ether oxygens (including phenoxy) is 1. The lowest BCUT2D eigenvalue weighted by atomic mass is 10.2. The number of rotatable bonds is 5. The van der Waals surface area contributed by atoms with Gasteiger partial charge in [-0.3, -0.25) is 9.59 Å². The van der Waals surface area contributed by atoms with E-state index in [1.165, 1.54) is 35.5 Å². The third-order valence-electron chi connectivity index (χ3n) is 4.50. The standard InChI is InChI=1S/C22H23N3O5S/c1-17(26)24-20-8-4-18(5-9-20)3-2-12-23-22(27)19-6-10-21(11-7-19)31(28,29)25-13-15-30-16-14-25/h4-11H,12-16H2,1H3,(H,23,27)(H,24,26). The van der Waals surface area contributed by atoms with Crippen LogP contribution in [0, 0.1) is 11.8 Å². The Bertz CT molecular complexity index is 1090. The maximum absolute atomic E-state index is 12.6. The zero-order chi connectivity index (χ0) is 22.3. The second-order valence-electron chi connectivity index (χ2n) is 6.78. The van der Waals surface area contributed by atoms with Crippen LogP contribution in [0.4, 0.5) is 5.69 Å². The van der Waals surface area contributed by atoms with Crippen molar-refractivity contribution in [3.05, 3.63) is 59.7 Å². The minimum atomic E-state index is -3.59. The Morgan fingerprint density at radius 3 is 2.29 bits per heavy atom. The molecule has 1 fully saturated rings. The van der Waals surface area contributed by atoms with Gasteiger partial charge in [0.2, 0.25) is 15.9 Å². The van der Waals surface area contributed by atoms with E-state index in [9.17, 15) is 18.0 Å². The monoisotopic (exact) mass is 441 g/mol. The summed E-state index contributed by atoms with van der Waals surface area (Å²) < 4.78 is 31.8. The molecule has 8 nitrogen and oxygen atoms in total.